The van der Waals surface area contributed by atoms with Gasteiger partial charge in [0.25, 0.3) is 0 Å². The summed E-state index contributed by atoms with van der Waals surface area (Å²) in [6.07, 6.45) is 1.15. The van der Waals surface area contributed by atoms with Gasteiger partial charge in [-0.05, 0) is 31.0 Å². The third-order valence-electron chi connectivity index (χ3n) is 5.44. The molecule has 0 spiro atoms. The Kier molecular flexibility index (Phi) is 5.15. The first kappa shape index (κ1) is 16.8. The monoisotopic (exact) mass is 341 g/mol. The number of fused-ring (bicyclic) bond motifs is 1. The van der Waals surface area contributed by atoms with Crippen molar-refractivity contribution >= 4 is 16.7 Å². The van der Waals surface area contributed by atoms with E-state index < -0.39 is 0 Å². The molecule has 0 radical (unpaired) electrons. The number of hydrogen-bond acceptors (Lipinski definition) is 5. The average Bonchev–Trinajstić information content (AvgIpc) is 3.17. The van der Waals surface area contributed by atoms with Crippen molar-refractivity contribution in [2.45, 2.75) is 19.4 Å². The van der Waals surface area contributed by atoms with Gasteiger partial charge in [0.1, 0.15) is 5.82 Å². The Morgan fingerprint density at radius 1 is 1.20 bits per heavy atom. The lowest BCUT2D eigenvalue weighted by Gasteiger charge is -2.37. The first-order valence-electron chi connectivity index (χ1n) is 9.31. The highest BCUT2D eigenvalue weighted by Crippen LogP contribution is 2.24. The van der Waals surface area contributed by atoms with Gasteiger partial charge in [-0.2, -0.15) is 0 Å². The number of morpholine rings is 1. The maximum atomic E-state index is 5.66. The van der Waals surface area contributed by atoms with E-state index in [2.05, 4.69) is 41.4 Å². The van der Waals surface area contributed by atoms with Gasteiger partial charge in [-0.25, -0.2) is 4.98 Å². The first-order valence-corrected chi connectivity index (χ1v) is 9.31. The van der Waals surface area contributed by atoms with E-state index in [0.29, 0.717) is 12.0 Å². The molecule has 2 atom stereocenters. The number of ether oxygens (including phenoxy) is 2. The number of anilines is 1. The summed E-state index contributed by atoms with van der Waals surface area (Å²) in [4.78, 5) is 7.35. The van der Waals surface area contributed by atoms with E-state index in [1.54, 1.807) is 0 Å². The molecule has 0 amide bonds. The van der Waals surface area contributed by atoms with Crippen LogP contribution in [0.5, 0.6) is 0 Å². The van der Waals surface area contributed by atoms with E-state index in [0.717, 1.165) is 63.8 Å². The summed E-state index contributed by atoms with van der Waals surface area (Å²) in [6.45, 7) is 8.49. The highest BCUT2D eigenvalue weighted by atomic mass is 16.5. The Hall–Kier alpha value is -1.69. The van der Waals surface area contributed by atoms with Crippen molar-refractivity contribution in [2.24, 2.45) is 5.92 Å². The molecule has 25 heavy (non-hydrogen) atoms. The molecule has 2 aromatic rings. The second kappa shape index (κ2) is 7.68. The van der Waals surface area contributed by atoms with Gasteiger partial charge in [-0.1, -0.05) is 18.2 Å². The van der Waals surface area contributed by atoms with Crippen LogP contribution >= 0.6 is 0 Å². The van der Waals surface area contributed by atoms with Crippen molar-refractivity contribution in [1.82, 2.24) is 9.88 Å². The second-order valence-electron chi connectivity index (χ2n) is 7.06. The highest BCUT2D eigenvalue weighted by Gasteiger charge is 2.31. The zero-order valence-electron chi connectivity index (χ0n) is 14.9. The maximum absolute atomic E-state index is 5.66. The van der Waals surface area contributed by atoms with Crippen LogP contribution in [0.1, 0.15) is 12.0 Å². The molecule has 5 heteroatoms. The zero-order valence-corrected chi connectivity index (χ0v) is 14.9. The van der Waals surface area contributed by atoms with Gasteiger partial charge < -0.3 is 14.8 Å². The molecule has 1 N–H and O–H groups in total. The van der Waals surface area contributed by atoms with Gasteiger partial charge in [0.15, 0.2) is 0 Å². The van der Waals surface area contributed by atoms with Crippen LogP contribution < -0.4 is 5.32 Å². The Morgan fingerprint density at radius 3 is 2.84 bits per heavy atom. The molecule has 2 aliphatic heterocycles. The number of nitrogens with zero attached hydrogens (tertiary/aromatic N) is 2. The molecule has 0 bridgehead atoms. The van der Waals surface area contributed by atoms with Crippen LogP contribution in [0.3, 0.4) is 0 Å². The largest absolute Gasteiger partial charge is 0.381 e. The Bertz CT molecular complexity index is 709. The molecule has 2 fully saturated rings. The molecular weight excluding hydrogens is 314 g/mol. The van der Waals surface area contributed by atoms with Gasteiger partial charge >= 0.3 is 0 Å². The normalized spacial score (nSPS) is 23.0. The average molecular weight is 341 g/mol. The molecule has 1 aromatic carbocycles. The molecule has 2 aliphatic rings. The molecule has 134 valence electrons. The topological polar surface area (TPSA) is 46.6 Å². The minimum Gasteiger partial charge on any atom is -0.381 e. The van der Waals surface area contributed by atoms with Crippen molar-refractivity contribution in [3.63, 3.8) is 0 Å². The zero-order chi connectivity index (χ0) is 17.1. The number of aryl methyl sites for hydroxylation is 1. The van der Waals surface area contributed by atoms with Crippen molar-refractivity contribution in [1.29, 1.82) is 0 Å². The number of aromatic nitrogens is 1. The summed E-state index contributed by atoms with van der Waals surface area (Å²) < 4.78 is 11.2. The van der Waals surface area contributed by atoms with Crippen LogP contribution in [-0.2, 0) is 9.47 Å². The fourth-order valence-electron chi connectivity index (χ4n) is 4.01. The Labute approximate surface area is 149 Å². The van der Waals surface area contributed by atoms with Gasteiger partial charge in [0.05, 0.1) is 25.3 Å². The van der Waals surface area contributed by atoms with Crippen LogP contribution in [0.2, 0.25) is 0 Å². The first-order chi connectivity index (χ1) is 12.3. The van der Waals surface area contributed by atoms with E-state index in [1.807, 2.05) is 6.07 Å². The van der Waals surface area contributed by atoms with E-state index in [4.69, 9.17) is 14.5 Å². The molecule has 0 saturated carbocycles. The second-order valence-corrected chi connectivity index (χ2v) is 7.06. The fourth-order valence-corrected chi connectivity index (χ4v) is 4.01. The molecule has 4 rings (SSSR count). The lowest BCUT2D eigenvalue weighted by atomic mass is 9.97. The summed E-state index contributed by atoms with van der Waals surface area (Å²) in [6, 6.07) is 11.0. The third kappa shape index (κ3) is 3.78. The Balaban J connectivity index is 1.50. The molecule has 2 saturated heterocycles. The lowest BCUT2D eigenvalue weighted by molar-refractivity contribution is 0.00460. The number of pyridine rings is 1. The van der Waals surface area contributed by atoms with E-state index in [1.165, 1.54) is 10.9 Å². The summed E-state index contributed by atoms with van der Waals surface area (Å²) in [7, 11) is 0. The quantitative estimate of drug-likeness (QED) is 0.906. The van der Waals surface area contributed by atoms with Crippen LogP contribution in [-0.4, -0.2) is 62.0 Å². The van der Waals surface area contributed by atoms with Crippen molar-refractivity contribution in [3.05, 3.63) is 35.9 Å². The van der Waals surface area contributed by atoms with Crippen LogP contribution in [0.15, 0.2) is 30.3 Å². The van der Waals surface area contributed by atoms with Crippen LogP contribution in [0.25, 0.3) is 10.9 Å². The molecule has 0 unspecified atom stereocenters. The molecule has 0 aliphatic carbocycles. The SMILES string of the molecule is Cc1cc(NC[C@@H]([C@H]2CCOC2)N2CCOCC2)nc2ccccc12. The smallest absolute Gasteiger partial charge is 0.126 e. The molecule has 3 heterocycles. The van der Waals surface area contributed by atoms with E-state index in [9.17, 15) is 0 Å². The van der Waals surface area contributed by atoms with Crippen molar-refractivity contribution < 1.29 is 9.47 Å². The standard InChI is InChI=1S/C20H27N3O2/c1-15-12-20(22-18-5-3-2-4-17(15)18)21-13-19(16-6-9-25-14-16)23-7-10-24-11-8-23/h2-5,12,16,19H,6-11,13-14H2,1H3,(H,21,22)/t16-,19-/m0/s1. The Morgan fingerprint density at radius 2 is 2.04 bits per heavy atom. The minimum atomic E-state index is 0.472. The molecule has 1 aromatic heterocycles. The van der Waals surface area contributed by atoms with Gasteiger partial charge in [0.2, 0.25) is 0 Å². The van der Waals surface area contributed by atoms with Gasteiger partial charge in [-0.15, -0.1) is 0 Å². The number of benzene rings is 1. The fraction of sp³-hybridized carbons (Fsp3) is 0.550. The molecular formula is C20H27N3O2. The van der Waals surface area contributed by atoms with Crippen molar-refractivity contribution in [2.75, 3.05) is 51.4 Å². The third-order valence-corrected chi connectivity index (χ3v) is 5.44. The van der Waals surface area contributed by atoms with Crippen LogP contribution in [0, 0.1) is 12.8 Å². The summed E-state index contributed by atoms with van der Waals surface area (Å²) in [5.41, 5.74) is 2.32. The van der Waals surface area contributed by atoms with E-state index in [-0.39, 0.29) is 0 Å². The maximum Gasteiger partial charge on any atom is 0.126 e. The number of rotatable bonds is 5. The number of nitrogens with one attached hydrogen (secondary N) is 1. The summed E-state index contributed by atoms with van der Waals surface area (Å²) in [5, 5.41) is 4.83. The van der Waals surface area contributed by atoms with Crippen molar-refractivity contribution in [3.8, 4) is 0 Å². The minimum absolute atomic E-state index is 0.472. The summed E-state index contributed by atoms with van der Waals surface area (Å²) >= 11 is 0. The number of para-hydroxylation sites is 1. The molecule has 5 nitrogen and oxygen atoms in total. The van der Waals surface area contributed by atoms with E-state index >= 15 is 0 Å². The van der Waals surface area contributed by atoms with Gasteiger partial charge in [-0.3, -0.25) is 4.90 Å². The van der Waals surface area contributed by atoms with Gasteiger partial charge in [0, 0.05) is 43.6 Å². The van der Waals surface area contributed by atoms with Crippen LogP contribution in [0.4, 0.5) is 5.82 Å². The predicted octanol–water partition coefficient (Wildman–Crippen LogP) is 2.69. The lowest BCUT2D eigenvalue weighted by Crippen LogP contribution is -2.50. The summed E-state index contributed by atoms with van der Waals surface area (Å²) in [5.74, 6) is 1.56. The number of hydrogen-bond donors (Lipinski definition) is 1. The highest BCUT2D eigenvalue weighted by molar-refractivity contribution is 5.83. The predicted molar refractivity (Wildman–Crippen MR) is 100 cm³/mol.